The van der Waals surface area contributed by atoms with Crippen LogP contribution in [0.2, 0.25) is 0 Å². The van der Waals surface area contributed by atoms with Crippen LogP contribution in [0.3, 0.4) is 0 Å². The molecule has 22 heteroatoms. The number of aliphatic imine (C=N–C) groups is 1. The molecular formula is C25H44N14O8. The lowest BCUT2D eigenvalue weighted by Crippen LogP contribution is -2.64. The molecule has 19 N–H and O–H groups in total. The fourth-order valence-corrected chi connectivity index (χ4v) is 4.35. The van der Waals surface area contributed by atoms with Gasteiger partial charge in [0.05, 0.1) is 12.6 Å². The Kier molecular flexibility index (Phi) is 15.2. The molecule has 6 unspecified atom stereocenters. The van der Waals surface area contributed by atoms with Gasteiger partial charge in [0.2, 0.25) is 29.5 Å². The average molecular weight is 669 g/mol. The minimum Gasteiger partial charge on any atom is -0.394 e. The second-order valence-electron chi connectivity index (χ2n) is 10.7. The summed E-state index contributed by atoms with van der Waals surface area (Å²) < 4.78 is 0. The van der Waals surface area contributed by atoms with E-state index in [-0.39, 0.29) is 25.3 Å². The molecule has 0 aromatic heterocycles. The molecule has 0 aromatic carbocycles. The molecule has 2 heterocycles. The van der Waals surface area contributed by atoms with E-state index in [4.69, 9.17) is 28.7 Å². The minimum absolute atomic E-state index is 0.0120. The largest absolute Gasteiger partial charge is 0.394 e. The standard InChI is InChI=1S/C25H44N14O8/c26-4-1-2-11(27)6-17(41)32-8-14-20(43)35-15(9-34-25(30)47)21(44)39-18(13-3-5-31-24(29)38-13)23(46)33-7-12(28)19(42)37-16(10-40)22(45)36-14/h9,11-14,16,18,40H,1-8,10,26-28H2,(H,32,41)(H,33,46)(H,35,43)(H,36,45)(H,37,42)(H,39,44)(H3,29,31,38)(H3,30,34,47)/b15-9-. The number of amides is 8. The van der Waals surface area contributed by atoms with Gasteiger partial charge in [0, 0.05) is 38.3 Å². The van der Waals surface area contributed by atoms with E-state index >= 15 is 0 Å². The van der Waals surface area contributed by atoms with Gasteiger partial charge in [0.15, 0.2) is 5.96 Å². The zero-order valence-electron chi connectivity index (χ0n) is 25.5. The van der Waals surface area contributed by atoms with E-state index in [1.165, 1.54) is 0 Å². The Morgan fingerprint density at radius 2 is 1.72 bits per heavy atom. The highest BCUT2D eigenvalue weighted by atomic mass is 16.3. The highest BCUT2D eigenvalue weighted by molar-refractivity contribution is 6.02. The SMILES string of the molecule is NCCCC(N)CC(=O)NCC1NC(=O)C(CO)NC(=O)C(N)CNC(=O)C(C2CCN=C(N)N2)NC(=O)/C(=C/NC(N)=O)NC1=O. The number of guanidine groups is 1. The molecule has 2 aliphatic rings. The lowest BCUT2D eigenvalue weighted by molar-refractivity contribution is -0.134. The maximum atomic E-state index is 13.5. The Labute approximate surface area is 269 Å². The summed E-state index contributed by atoms with van der Waals surface area (Å²) >= 11 is 0. The van der Waals surface area contributed by atoms with Crippen molar-refractivity contribution in [3.63, 3.8) is 0 Å². The molecule has 0 bridgehead atoms. The van der Waals surface area contributed by atoms with Gasteiger partial charge in [-0.1, -0.05) is 0 Å². The molecule has 0 radical (unpaired) electrons. The van der Waals surface area contributed by atoms with Gasteiger partial charge < -0.3 is 76.3 Å². The van der Waals surface area contributed by atoms with Crippen LogP contribution >= 0.6 is 0 Å². The third-order valence-corrected chi connectivity index (χ3v) is 6.90. The van der Waals surface area contributed by atoms with Crippen LogP contribution in [0.25, 0.3) is 0 Å². The fourth-order valence-electron chi connectivity index (χ4n) is 4.35. The summed E-state index contributed by atoms with van der Waals surface area (Å²) in [5.74, 6) is -5.62. The maximum absolute atomic E-state index is 13.5. The third kappa shape index (κ3) is 12.7. The minimum atomic E-state index is -1.63. The molecule has 0 saturated carbocycles. The van der Waals surface area contributed by atoms with E-state index in [0.717, 1.165) is 6.20 Å². The maximum Gasteiger partial charge on any atom is 0.316 e. The number of nitrogens with one attached hydrogen (secondary N) is 8. The van der Waals surface area contributed by atoms with Crippen LogP contribution in [-0.2, 0) is 28.8 Å². The van der Waals surface area contributed by atoms with Crippen LogP contribution < -0.4 is 71.2 Å². The number of hydrogen-bond donors (Lipinski definition) is 14. The van der Waals surface area contributed by atoms with Crippen LogP contribution in [-0.4, -0.2) is 122 Å². The Morgan fingerprint density at radius 3 is 2.36 bits per heavy atom. The van der Waals surface area contributed by atoms with Gasteiger partial charge in [-0.3, -0.25) is 33.8 Å². The van der Waals surface area contributed by atoms with E-state index in [0.29, 0.717) is 19.4 Å². The fraction of sp³-hybridized carbons (Fsp3) is 0.600. The first-order valence-electron chi connectivity index (χ1n) is 14.7. The van der Waals surface area contributed by atoms with Gasteiger partial charge in [-0.15, -0.1) is 0 Å². The van der Waals surface area contributed by atoms with Crippen LogP contribution in [0, 0.1) is 0 Å². The predicted molar refractivity (Wildman–Crippen MR) is 165 cm³/mol. The number of carbonyl (C=O) groups is 7. The number of carbonyl (C=O) groups excluding carboxylic acids is 7. The smallest absolute Gasteiger partial charge is 0.316 e. The van der Waals surface area contributed by atoms with Crippen molar-refractivity contribution in [2.24, 2.45) is 33.7 Å². The molecule has 1 saturated heterocycles. The van der Waals surface area contributed by atoms with E-state index < -0.39 is 103 Å². The molecule has 0 spiro atoms. The van der Waals surface area contributed by atoms with Crippen molar-refractivity contribution in [2.75, 3.05) is 32.8 Å². The highest BCUT2D eigenvalue weighted by Gasteiger charge is 2.35. The van der Waals surface area contributed by atoms with Crippen LogP contribution in [0.5, 0.6) is 0 Å². The molecule has 2 rings (SSSR count). The Hall–Kier alpha value is -5.06. The number of nitrogens with two attached hydrogens (primary N) is 5. The second kappa shape index (κ2) is 18.8. The Bertz CT molecular complexity index is 1240. The molecule has 47 heavy (non-hydrogen) atoms. The third-order valence-electron chi connectivity index (χ3n) is 6.90. The number of aliphatic hydroxyl groups is 1. The van der Waals surface area contributed by atoms with Crippen LogP contribution in [0.4, 0.5) is 4.79 Å². The first-order valence-corrected chi connectivity index (χ1v) is 14.7. The molecule has 2 aliphatic heterocycles. The molecule has 1 fully saturated rings. The number of hydrogen-bond acceptors (Lipinski definition) is 14. The quantitative estimate of drug-likeness (QED) is 0.0963. The number of aliphatic hydroxyl groups excluding tert-OH is 1. The van der Waals surface area contributed by atoms with Gasteiger partial charge in [-0.25, -0.2) is 4.79 Å². The molecule has 0 aromatic rings. The van der Waals surface area contributed by atoms with Crippen LogP contribution in [0.1, 0.15) is 25.7 Å². The number of rotatable bonds is 10. The van der Waals surface area contributed by atoms with Gasteiger partial charge >= 0.3 is 6.03 Å². The predicted octanol–water partition coefficient (Wildman–Crippen LogP) is -8.23. The summed E-state index contributed by atoms with van der Waals surface area (Å²) in [6.45, 7) is -1.36. The summed E-state index contributed by atoms with van der Waals surface area (Å²) in [5.41, 5.74) is 27.6. The van der Waals surface area contributed by atoms with Gasteiger partial charge in [-0.05, 0) is 25.8 Å². The highest BCUT2D eigenvalue weighted by Crippen LogP contribution is 2.07. The topological polar surface area (TPSA) is 378 Å². The number of urea groups is 1. The first kappa shape index (κ1) is 38.1. The molecular weight excluding hydrogens is 624 g/mol. The summed E-state index contributed by atoms with van der Waals surface area (Å²) in [5, 5.41) is 28.7. The zero-order chi connectivity index (χ0) is 35.1. The molecule has 8 amide bonds. The summed E-state index contributed by atoms with van der Waals surface area (Å²) in [7, 11) is 0. The monoisotopic (exact) mass is 668 g/mol. The van der Waals surface area contributed by atoms with Crippen molar-refractivity contribution in [1.29, 1.82) is 0 Å². The molecule has 6 atom stereocenters. The van der Waals surface area contributed by atoms with Crippen molar-refractivity contribution in [2.45, 2.75) is 61.9 Å². The lowest BCUT2D eigenvalue weighted by Gasteiger charge is -2.31. The van der Waals surface area contributed by atoms with Crippen molar-refractivity contribution in [3.8, 4) is 0 Å². The van der Waals surface area contributed by atoms with E-state index in [9.17, 15) is 38.7 Å². The van der Waals surface area contributed by atoms with Gasteiger partial charge in [0.1, 0.15) is 29.9 Å². The van der Waals surface area contributed by atoms with Crippen molar-refractivity contribution >= 4 is 47.4 Å². The van der Waals surface area contributed by atoms with Gasteiger partial charge in [0.25, 0.3) is 5.91 Å². The van der Waals surface area contributed by atoms with Crippen molar-refractivity contribution in [3.05, 3.63) is 11.9 Å². The van der Waals surface area contributed by atoms with E-state index in [2.05, 4.69) is 42.2 Å². The summed E-state index contributed by atoms with van der Waals surface area (Å²) in [6.07, 6.45) is 1.86. The van der Waals surface area contributed by atoms with E-state index in [1.54, 1.807) is 0 Å². The zero-order valence-corrected chi connectivity index (χ0v) is 25.5. The van der Waals surface area contributed by atoms with Crippen molar-refractivity contribution < 1.29 is 38.7 Å². The summed E-state index contributed by atoms with van der Waals surface area (Å²) in [4.78, 5) is 93.9. The van der Waals surface area contributed by atoms with E-state index in [1.807, 2.05) is 5.32 Å². The van der Waals surface area contributed by atoms with Crippen molar-refractivity contribution in [1.82, 2.24) is 42.5 Å². The molecule has 22 nitrogen and oxygen atoms in total. The second-order valence-corrected chi connectivity index (χ2v) is 10.7. The Balaban J connectivity index is 2.45. The summed E-state index contributed by atoms with van der Waals surface area (Å²) in [6, 6.07) is -8.54. The number of primary amides is 1. The number of nitrogens with zero attached hydrogens (tertiary/aromatic N) is 1. The molecule has 0 aliphatic carbocycles. The lowest BCUT2D eigenvalue weighted by atomic mass is 10.0. The first-order chi connectivity index (χ1) is 22.2. The molecule has 262 valence electrons. The Morgan fingerprint density at radius 1 is 1.02 bits per heavy atom. The van der Waals surface area contributed by atoms with Gasteiger partial charge in [-0.2, -0.15) is 0 Å². The normalized spacial score (nSPS) is 26.3. The average Bonchev–Trinajstić information content (AvgIpc) is 3.02. The van der Waals surface area contributed by atoms with Crippen LogP contribution in [0.15, 0.2) is 16.9 Å².